The van der Waals surface area contributed by atoms with Crippen LogP contribution < -0.4 is 10.2 Å². The number of morpholine rings is 1. The predicted octanol–water partition coefficient (Wildman–Crippen LogP) is 3.13. The summed E-state index contributed by atoms with van der Waals surface area (Å²) in [4.78, 5) is 41.8. The highest BCUT2D eigenvalue weighted by Gasteiger charge is 2.24. The number of carbonyl (C=O) groups is 2. The van der Waals surface area contributed by atoms with Crippen LogP contribution in [-0.4, -0.2) is 77.7 Å². The molecule has 2 aliphatic heterocycles. The number of pyridine rings is 1. The van der Waals surface area contributed by atoms with Gasteiger partial charge in [-0.25, -0.2) is 19.7 Å². The molecule has 1 aromatic carbocycles. The van der Waals surface area contributed by atoms with Gasteiger partial charge in [0.25, 0.3) is 0 Å². The van der Waals surface area contributed by atoms with E-state index in [9.17, 15) is 9.59 Å². The summed E-state index contributed by atoms with van der Waals surface area (Å²) in [6, 6.07) is 7.56. The number of fused-ring (bicyclic) bond motifs is 2. The van der Waals surface area contributed by atoms with E-state index in [0.717, 1.165) is 75.5 Å². The number of benzene rings is 1. The molecule has 3 aromatic rings. The standard InChI is InChI=1S/C26H27ClN6O4/c27-19-3-2-18-6-8-33(22(18)14-19)26-20-15-23(28-16-21(20)29-17-30-26)31-24(34)4-5-25(35)37-11-1-7-32-9-12-36-13-10-32/h2-5,14-17H,1,6-13H2,(H,28,31,34)/b5-4+. The molecular formula is C26H27ClN6O4. The van der Waals surface area contributed by atoms with Crippen molar-refractivity contribution in [3.63, 3.8) is 0 Å². The first-order valence-electron chi connectivity index (χ1n) is 12.2. The lowest BCUT2D eigenvalue weighted by Crippen LogP contribution is -2.37. The maximum Gasteiger partial charge on any atom is 0.330 e. The minimum absolute atomic E-state index is 0.294. The molecule has 10 nitrogen and oxygen atoms in total. The second-order valence-corrected chi connectivity index (χ2v) is 9.19. The number of aromatic nitrogens is 3. The third-order valence-electron chi connectivity index (χ3n) is 6.29. The van der Waals surface area contributed by atoms with Gasteiger partial charge >= 0.3 is 5.97 Å². The molecule has 0 spiro atoms. The summed E-state index contributed by atoms with van der Waals surface area (Å²) in [6.45, 7) is 5.15. The number of hydrogen-bond acceptors (Lipinski definition) is 9. The van der Waals surface area contributed by atoms with E-state index < -0.39 is 11.9 Å². The van der Waals surface area contributed by atoms with Crippen LogP contribution in [0.1, 0.15) is 12.0 Å². The third-order valence-corrected chi connectivity index (χ3v) is 6.52. The van der Waals surface area contributed by atoms with Gasteiger partial charge in [0.15, 0.2) is 0 Å². The van der Waals surface area contributed by atoms with Crippen LogP contribution in [0.2, 0.25) is 5.02 Å². The van der Waals surface area contributed by atoms with Crippen LogP contribution in [0.3, 0.4) is 0 Å². The van der Waals surface area contributed by atoms with Gasteiger partial charge in [-0.15, -0.1) is 0 Å². The minimum Gasteiger partial charge on any atom is -0.462 e. The maximum atomic E-state index is 12.4. The number of nitrogens with one attached hydrogen (secondary N) is 1. The van der Waals surface area contributed by atoms with Crippen LogP contribution >= 0.6 is 11.6 Å². The van der Waals surface area contributed by atoms with Crippen molar-refractivity contribution in [2.45, 2.75) is 12.8 Å². The summed E-state index contributed by atoms with van der Waals surface area (Å²) < 4.78 is 10.5. The van der Waals surface area contributed by atoms with Crippen molar-refractivity contribution in [3.05, 3.63) is 59.5 Å². The average molecular weight is 523 g/mol. The van der Waals surface area contributed by atoms with Crippen molar-refractivity contribution in [3.8, 4) is 0 Å². The molecule has 1 amide bonds. The van der Waals surface area contributed by atoms with Crippen LogP contribution in [0, 0.1) is 0 Å². The van der Waals surface area contributed by atoms with E-state index in [4.69, 9.17) is 21.1 Å². The molecule has 192 valence electrons. The Bertz CT molecular complexity index is 1330. The number of anilines is 3. The molecule has 0 bridgehead atoms. The van der Waals surface area contributed by atoms with E-state index in [2.05, 4.69) is 30.1 Å². The van der Waals surface area contributed by atoms with Gasteiger partial charge in [0.05, 0.1) is 31.5 Å². The SMILES string of the molecule is O=C(/C=C/C(=O)OCCCN1CCOCC1)Nc1cc2c(N3CCc4ccc(Cl)cc43)ncnc2cn1. The number of carbonyl (C=O) groups excluding carboxylic acids is 2. The Morgan fingerprint density at radius 3 is 2.84 bits per heavy atom. The molecular weight excluding hydrogens is 496 g/mol. The number of ether oxygens (including phenoxy) is 2. The van der Waals surface area contributed by atoms with Crippen LogP contribution in [-0.2, 0) is 25.5 Å². The molecule has 37 heavy (non-hydrogen) atoms. The molecule has 2 aliphatic rings. The molecule has 0 unspecified atom stereocenters. The second-order valence-electron chi connectivity index (χ2n) is 8.76. The van der Waals surface area contributed by atoms with Gasteiger partial charge in [0, 0.05) is 54.4 Å². The van der Waals surface area contributed by atoms with Gasteiger partial charge in [-0.1, -0.05) is 17.7 Å². The van der Waals surface area contributed by atoms with Crippen molar-refractivity contribution in [2.24, 2.45) is 0 Å². The molecule has 0 saturated carbocycles. The zero-order chi connectivity index (χ0) is 25.6. The van der Waals surface area contributed by atoms with Crippen molar-refractivity contribution in [1.29, 1.82) is 0 Å². The highest BCUT2D eigenvalue weighted by molar-refractivity contribution is 6.31. The summed E-state index contributed by atoms with van der Waals surface area (Å²) in [5.74, 6) is -0.0258. The normalized spacial score (nSPS) is 15.8. The number of hydrogen-bond donors (Lipinski definition) is 1. The van der Waals surface area contributed by atoms with Crippen molar-refractivity contribution < 1.29 is 19.1 Å². The first-order chi connectivity index (χ1) is 18.1. The van der Waals surface area contributed by atoms with Gasteiger partial charge in [-0.2, -0.15) is 0 Å². The molecule has 0 radical (unpaired) electrons. The lowest BCUT2D eigenvalue weighted by molar-refractivity contribution is -0.138. The molecule has 5 rings (SSSR count). The fourth-order valence-electron chi connectivity index (χ4n) is 4.45. The van der Waals surface area contributed by atoms with E-state index in [0.29, 0.717) is 28.8 Å². The van der Waals surface area contributed by atoms with E-state index in [1.807, 2.05) is 18.2 Å². The Hall–Kier alpha value is -3.60. The van der Waals surface area contributed by atoms with Crippen LogP contribution in [0.25, 0.3) is 10.9 Å². The molecule has 1 N–H and O–H groups in total. The fourth-order valence-corrected chi connectivity index (χ4v) is 4.61. The lowest BCUT2D eigenvalue weighted by Gasteiger charge is -2.26. The van der Waals surface area contributed by atoms with Crippen molar-refractivity contribution in [2.75, 3.05) is 56.2 Å². The Balaban J connectivity index is 1.19. The molecule has 0 atom stereocenters. The maximum absolute atomic E-state index is 12.4. The smallest absolute Gasteiger partial charge is 0.330 e. The van der Waals surface area contributed by atoms with Crippen molar-refractivity contribution >= 4 is 51.7 Å². The Morgan fingerprint density at radius 2 is 1.97 bits per heavy atom. The van der Waals surface area contributed by atoms with E-state index in [-0.39, 0.29) is 0 Å². The summed E-state index contributed by atoms with van der Waals surface area (Å²) in [7, 11) is 0. The topological polar surface area (TPSA) is 110 Å². The highest BCUT2D eigenvalue weighted by Crippen LogP contribution is 2.38. The largest absolute Gasteiger partial charge is 0.462 e. The van der Waals surface area contributed by atoms with Crippen LogP contribution in [0.15, 0.2) is 48.9 Å². The summed E-state index contributed by atoms with van der Waals surface area (Å²) in [5.41, 5.74) is 2.84. The van der Waals surface area contributed by atoms with E-state index >= 15 is 0 Å². The third kappa shape index (κ3) is 6.22. The monoisotopic (exact) mass is 522 g/mol. The number of nitrogens with zero attached hydrogens (tertiary/aromatic N) is 5. The molecule has 1 saturated heterocycles. The number of rotatable bonds is 8. The summed E-state index contributed by atoms with van der Waals surface area (Å²) in [6.07, 6.45) is 6.93. The van der Waals surface area contributed by atoms with Gasteiger partial charge < -0.3 is 19.7 Å². The predicted molar refractivity (Wildman–Crippen MR) is 140 cm³/mol. The Kier molecular flexibility index (Phi) is 7.88. The molecule has 11 heteroatoms. The molecule has 4 heterocycles. The quantitative estimate of drug-likeness (QED) is 0.271. The van der Waals surface area contributed by atoms with Gasteiger partial charge in [0.2, 0.25) is 5.91 Å². The first-order valence-corrected chi connectivity index (χ1v) is 12.6. The molecule has 2 aromatic heterocycles. The van der Waals surface area contributed by atoms with Gasteiger partial charge in [-0.3, -0.25) is 9.69 Å². The number of esters is 1. The van der Waals surface area contributed by atoms with Crippen LogP contribution in [0.5, 0.6) is 0 Å². The highest BCUT2D eigenvalue weighted by atomic mass is 35.5. The summed E-state index contributed by atoms with van der Waals surface area (Å²) >= 11 is 6.23. The number of amides is 1. The summed E-state index contributed by atoms with van der Waals surface area (Å²) in [5, 5.41) is 4.08. The second kappa shape index (κ2) is 11.6. The molecule has 0 aliphatic carbocycles. The van der Waals surface area contributed by atoms with Crippen LogP contribution in [0.4, 0.5) is 17.3 Å². The van der Waals surface area contributed by atoms with E-state index in [1.54, 1.807) is 12.3 Å². The molecule has 1 fully saturated rings. The lowest BCUT2D eigenvalue weighted by atomic mass is 10.2. The average Bonchev–Trinajstić information content (AvgIpc) is 3.33. The fraction of sp³-hybridized carbons (Fsp3) is 0.346. The van der Waals surface area contributed by atoms with E-state index in [1.165, 1.54) is 11.9 Å². The zero-order valence-corrected chi connectivity index (χ0v) is 21.0. The zero-order valence-electron chi connectivity index (χ0n) is 20.2. The minimum atomic E-state index is -0.564. The Labute approximate surface area is 219 Å². The Morgan fingerprint density at radius 1 is 1.11 bits per heavy atom. The number of halogens is 1. The van der Waals surface area contributed by atoms with Gasteiger partial charge in [-0.05, 0) is 36.6 Å². The first kappa shape index (κ1) is 25.1. The van der Waals surface area contributed by atoms with Gasteiger partial charge in [0.1, 0.15) is 18.0 Å². The van der Waals surface area contributed by atoms with Crippen molar-refractivity contribution in [1.82, 2.24) is 19.9 Å².